The van der Waals surface area contributed by atoms with Gasteiger partial charge in [-0.05, 0) is 23.1 Å². The van der Waals surface area contributed by atoms with E-state index in [-0.39, 0.29) is 24.9 Å². The fourth-order valence-electron chi connectivity index (χ4n) is 7.28. The van der Waals surface area contributed by atoms with Crippen molar-refractivity contribution in [2.45, 2.75) is 64.2 Å². The Bertz CT molecular complexity index is 1340. The summed E-state index contributed by atoms with van der Waals surface area (Å²) in [4.78, 5) is 55.4. The highest BCUT2D eigenvalue weighted by atomic mass is 16.6. The third-order valence-electron chi connectivity index (χ3n) is 9.00. The maximum absolute atomic E-state index is 14.2. The maximum atomic E-state index is 14.2. The van der Waals surface area contributed by atoms with E-state index in [4.69, 9.17) is 14.2 Å². The number of aliphatic hydroxyl groups is 1. The van der Waals surface area contributed by atoms with Gasteiger partial charge in [-0.15, -0.1) is 0 Å². The Morgan fingerprint density at radius 3 is 2.29 bits per heavy atom. The summed E-state index contributed by atoms with van der Waals surface area (Å²) in [6.07, 6.45) is -4.38. The maximum Gasteiger partial charge on any atom is 0.338 e. The van der Waals surface area contributed by atoms with E-state index in [1.165, 1.54) is 4.90 Å². The molecule has 0 bridgehead atoms. The van der Waals surface area contributed by atoms with E-state index in [2.05, 4.69) is 0 Å². The molecule has 0 aromatic heterocycles. The Kier molecular flexibility index (Phi) is 5.11. The molecule has 6 rings (SSSR count). The van der Waals surface area contributed by atoms with Crippen LogP contribution in [0.2, 0.25) is 0 Å². The fourth-order valence-corrected chi connectivity index (χ4v) is 7.28. The second-order valence-corrected chi connectivity index (χ2v) is 11.7. The monoisotopic (exact) mass is 519 g/mol. The molecule has 1 amide bonds. The van der Waals surface area contributed by atoms with Gasteiger partial charge in [0.2, 0.25) is 0 Å². The van der Waals surface area contributed by atoms with Gasteiger partial charge in [-0.1, -0.05) is 69.3 Å². The normalized spacial score (nSPS) is 35.4. The van der Waals surface area contributed by atoms with Crippen LogP contribution in [0.25, 0.3) is 0 Å². The highest BCUT2D eigenvalue weighted by Crippen LogP contribution is 2.76. The summed E-state index contributed by atoms with van der Waals surface area (Å²) >= 11 is 0. The number of likely N-dealkylation sites (tertiary alicyclic amines) is 1. The molecule has 9 heteroatoms. The number of nitrogens with zero attached hydrogens (tertiary/aromatic N) is 1. The summed E-state index contributed by atoms with van der Waals surface area (Å²) in [5, 5.41) is 12.6. The van der Waals surface area contributed by atoms with Crippen LogP contribution >= 0.6 is 0 Å². The Morgan fingerprint density at radius 2 is 1.66 bits per heavy atom. The van der Waals surface area contributed by atoms with Crippen molar-refractivity contribution in [3.8, 4) is 0 Å². The summed E-state index contributed by atoms with van der Waals surface area (Å²) < 4.78 is 17.5. The Morgan fingerprint density at radius 1 is 1.03 bits per heavy atom. The molecule has 9 nitrogen and oxygen atoms in total. The molecule has 4 aliphatic rings. The fraction of sp³-hybridized carbons (Fsp3) is 0.448. The molecule has 2 spiro atoms. The largest absolute Gasteiger partial charge is 0.461 e. The summed E-state index contributed by atoms with van der Waals surface area (Å²) in [6, 6.07) is 17.3. The van der Waals surface area contributed by atoms with Crippen LogP contribution in [0.3, 0.4) is 0 Å². The second kappa shape index (κ2) is 7.89. The minimum absolute atomic E-state index is 0.0501. The molecule has 1 N–H and O–H groups in total. The van der Waals surface area contributed by atoms with Gasteiger partial charge in [-0.25, -0.2) is 4.79 Å². The molecule has 6 atom stereocenters. The van der Waals surface area contributed by atoms with Gasteiger partial charge in [0, 0.05) is 13.0 Å². The van der Waals surface area contributed by atoms with E-state index in [9.17, 15) is 24.3 Å². The lowest BCUT2D eigenvalue weighted by molar-refractivity contribution is -0.212. The van der Waals surface area contributed by atoms with E-state index in [1.807, 2.05) is 30.3 Å². The lowest BCUT2D eigenvalue weighted by Crippen LogP contribution is -2.66. The van der Waals surface area contributed by atoms with Gasteiger partial charge in [0.15, 0.2) is 12.3 Å². The molecule has 1 unspecified atom stereocenters. The van der Waals surface area contributed by atoms with Crippen LogP contribution in [0, 0.1) is 16.2 Å². The quantitative estimate of drug-likeness (QED) is 0.484. The van der Waals surface area contributed by atoms with Gasteiger partial charge in [0.1, 0.15) is 16.9 Å². The number of benzene rings is 2. The first-order valence-electron chi connectivity index (χ1n) is 12.7. The lowest BCUT2D eigenvalue weighted by atomic mass is 9.52. The van der Waals surface area contributed by atoms with E-state index >= 15 is 0 Å². The molecule has 3 aliphatic heterocycles. The van der Waals surface area contributed by atoms with Crippen LogP contribution in [-0.4, -0.2) is 57.9 Å². The number of hydrogen-bond donors (Lipinski definition) is 1. The van der Waals surface area contributed by atoms with Gasteiger partial charge in [0.05, 0.1) is 17.6 Å². The van der Waals surface area contributed by atoms with E-state index < -0.39 is 64.1 Å². The van der Waals surface area contributed by atoms with Crippen molar-refractivity contribution in [3.63, 3.8) is 0 Å². The van der Waals surface area contributed by atoms with Crippen molar-refractivity contribution in [2.24, 2.45) is 16.2 Å². The number of rotatable bonds is 4. The highest BCUT2D eigenvalue weighted by molar-refractivity contribution is 5.99. The highest BCUT2D eigenvalue weighted by Gasteiger charge is 2.93. The van der Waals surface area contributed by atoms with Crippen molar-refractivity contribution in [3.05, 3.63) is 71.8 Å². The zero-order valence-corrected chi connectivity index (χ0v) is 21.4. The Labute approximate surface area is 219 Å². The zero-order chi connectivity index (χ0) is 27.1. The number of carbonyl (C=O) groups excluding carboxylic acids is 4. The van der Waals surface area contributed by atoms with Gasteiger partial charge in [-0.2, -0.15) is 0 Å². The summed E-state index contributed by atoms with van der Waals surface area (Å²) in [6.45, 7) is 5.42. The first-order valence-corrected chi connectivity index (χ1v) is 12.7. The molecule has 0 radical (unpaired) electrons. The summed E-state index contributed by atoms with van der Waals surface area (Å²) in [5.74, 6) is -2.73. The minimum atomic E-state index is -1.79. The molecule has 1 saturated carbocycles. The van der Waals surface area contributed by atoms with Crippen LogP contribution in [0.4, 0.5) is 0 Å². The Balaban J connectivity index is 1.57. The molecule has 198 valence electrons. The molecule has 1 aliphatic carbocycles. The molecule has 3 heterocycles. The molecular formula is C29H29NO8. The van der Waals surface area contributed by atoms with Crippen molar-refractivity contribution in [1.82, 2.24) is 4.90 Å². The number of hydrogen-bond acceptors (Lipinski definition) is 8. The van der Waals surface area contributed by atoms with Crippen molar-refractivity contribution >= 4 is 23.8 Å². The number of ether oxygens (including phenoxy) is 3. The van der Waals surface area contributed by atoms with E-state index in [1.54, 1.807) is 51.1 Å². The summed E-state index contributed by atoms with van der Waals surface area (Å²) in [7, 11) is 0. The van der Waals surface area contributed by atoms with Crippen molar-refractivity contribution in [1.29, 1.82) is 0 Å². The predicted octanol–water partition coefficient (Wildman–Crippen LogP) is 2.61. The van der Waals surface area contributed by atoms with Crippen LogP contribution in [-0.2, 0) is 35.1 Å². The third-order valence-corrected chi connectivity index (χ3v) is 9.00. The van der Waals surface area contributed by atoms with Gasteiger partial charge in [-0.3, -0.25) is 19.3 Å². The van der Waals surface area contributed by atoms with Crippen molar-refractivity contribution in [2.75, 3.05) is 0 Å². The average Bonchev–Trinajstić information content (AvgIpc) is 3.49. The second-order valence-electron chi connectivity index (χ2n) is 11.7. The predicted molar refractivity (Wildman–Crippen MR) is 131 cm³/mol. The lowest BCUT2D eigenvalue weighted by Gasteiger charge is -2.51. The minimum Gasteiger partial charge on any atom is -0.461 e. The molecule has 38 heavy (non-hydrogen) atoms. The van der Waals surface area contributed by atoms with Crippen LogP contribution in [0.5, 0.6) is 0 Å². The van der Waals surface area contributed by atoms with Crippen LogP contribution in [0.15, 0.2) is 60.7 Å². The first-order chi connectivity index (χ1) is 18.0. The summed E-state index contributed by atoms with van der Waals surface area (Å²) in [5.41, 5.74) is -5.23. The molecule has 4 fully saturated rings. The van der Waals surface area contributed by atoms with Gasteiger partial charge >= 0.3 is 17.9 Å². The number of carbonyl (C=O) groups is 4. The third kappa shape index (κ3) is 2.85. The van der Waals surface area contributed by atoms with Gasteiger partial charge < -0.3 is 19.3 Å². The smallest absolute Gasteiger partial charge is 0.338 e. The zero-order valence-electron chi connectivity index (χ0n) is 21.4. The number of esters is 3. The van der Waals surface area contributed by atoms with Crippen LogP contribution in [0.1, 0.15) is 49.5 Å². The number of amides is 1. The SMILES string of the molecule is CC(C)(C)[C@]1(O)C[C@@H]2OC(=O)C[C@@]23C(=O)O[C@@H]2N(Cc4ccccc4)C(=O)[C@@H](OC(=O)c4ccccc4)C213. The standard InChI is InChI=1S/C29H29NO8/c1-26(2,3)28(35)14-19-27(15-20(31)36-19)25(34)38-24-29(27,28)21(37-23(33)18-12-8-5-9-13-18)22(32)30(24)16-17-10-6-4-7-11-17/h4-13,19,21,24,35H,14-16H2,1-3H3/t19-,21+,24-,27-,28+,29?/m0/s1. The van der Waals surface area contributed by atoms with E-state index in [0.29, 0.717) is 0 Å². The molecular weight excluding hydrogens is 490 g/mol. The molecule has 2 aromatic rings. The molecule has 2 aromatic carbocycles. The molecule has 3 saturated heterocycles. The first kappa shape index (κ1) is 24.6. The van der Waals surface area contributed by atoms with E-state index in [0.717, 1.165) is 5.56 Å². The van der Waals surface area contributed by atoms with Gasteiger partial charge in [0.25, 0.3) is 5.91 Å². The average molecular weight is 520 g/mol. The Hall–Kier alpha value is -3.72. The van der Waals surface area contributed by atoms with Crippen molar-refractivity contribution < 1.29 is 38.5 Å². The van der Waals surface area contributed by atoms with Crippen LogP contribution < -0.4 is 0 Å². The topological polar surface area (TPSA) is 119 Å².